The van der Waals surface area contributed by atoms with Crippen molar-refractivity contribution in [2.24, 2.45) is 0 Å². The molecule has 1 fully saturated rings. The van der Waals surface area contributed by atoms with Crippen LogP contribution >= 0.6 is 23.1 Å². The second-order valence-electron chi connectivity index (χ2n) is 4.12. The van der Waals surface area contributed by atoms with Gasteiger partial charge >= 0.3 is 0 Å². The topological polar surface area (TPSA) is 33.1 Å². The van der Waals surface area contributed by atoms with Crippen LogP contribution in [-0.4, -0.2) is 27.7 Å². The molecule has 0 saturated carbocycles. The van der Waals surface area contributed by atoms with Crippen molar-refractivity contribution in [3.05, 3.63) is 16.1 Å². The van der Waals surface area contributed by atoms with Crippen LogP contribution in [0, 0.1) is 0 Å². The summed E-state index contributed by atoms with van der Waals surface area (Å²) in [5, 5.41) is 12.7. The lowest BCUT2D eigenvalue weighted by molar-refractivity contribution is 0.194. The van der Waals surface area contributed by atoms with Crippen LogP contribution in [0.25, 0.3) is 0 Å². The summed E-state index contributed by atoms with van der Waals surface area (Å²) < 4.78 is 0. The van der Waals surface area contributed by atoms with Crippen molar-refractivity contribution in [2.45, 2.75) is 38.2 Å². The van der Waals surface area contributed by atoms with Crippen LogP contribution in [0.2, 0.25) is 0 Å². The zero-order chi connectivity index (χ0) is 10.7. The molecule has 1 saturated heterocycles. The van der Waals surface area contributed by atoms with Crippen LogP contribution in [0.15, 0.2) is 5.38 Å². The summed E-state index contributed by atoms with van der Waals surface area (Å²) in [6.45, 7) is 1.82. The Kier molecular flexibility index (Phi) is 4.05. The van der Waals surface area contributed by atoms with Crippen LogP contribution in [0.1, 0.15) is 36.4 Å². The SMILES string of the molecule is CC(O)Cc1csc(C2CCSCC2)n1. The number of hydrogen-bond acceptors (Lipinski definition) is 4. The summed E-state index contributed by atoms with van der Waals surface area (Å²) in [5.41, 5.74) is 1.06. The Balaban J connectivity index is 1.99. The molecule has 0 bridgehead atoms. The van der Waals surface area contributed by atoms with E-state index in [1.807, 2.05) is 18.7 Å². The fourth-order valence-electron chi connectivity index (χ4n) is 1.85. The average Bonchev–Trinajstić information content (AvgIpc) is 2.67. The van der Waals surface area contributed by atoms with Gasteiger partial charge in [0.05, 0.1) is 16.8 Å². The number of thioether (sulfide) groups is 1. The molecule has 0 aliphatic carbocycles. The summed E-state index contributed by atoms with van der Waals surface area (Å²) in [7, 11) is 0. The molecule has 2 rings (SSSR count). The fraction of sp³-hybridized carbons (Fsp3) is 0.727. The molecule has 1 aromatic rings. The smallest absolute Gasteiger partial charge is 0.0959 e. The lowest BCUT2D eigenvalue weighted by Crippen LogP contribution is -2.08. The number of thiazole rings is 1. The van der Waals surface area contributed by atoms with Crippen molar-refractivity contribution in [1.29, 1.82) is 0 Å². The number of rotatable bonds is 3. The van der Waals surface area contributed by atoms with E-state index in [1.165, 1.54) is 29.4 Å². The van der Waals surface area contributed by atoms with E-state index in [0.29, 0.717) is 12.3 Å². The van der Waals surface area contributed by atoms with Crippen LogP contribution in [0.4, 0.5) is 0 Å². The third-order valence-electron chi connectivity index (χ3n) is 2.64. The van der Waals surface area contributed by atoms with Gasteiger partial charge < -0.3 is 5.11 Å². The predicted octanol–water partition coefficient (Wildman–Crippen LogP) is 2.68. The minimum absolute atomic E-state index is 0.276. The molecule has 1 aromatic heterocycles. The van der Waals surface area contributed by atoms with E-state index in [1.54, 1.807) is 11.3 Å². The number of hydrogen-bond donors (Lipinski definition) is 1. The maximum Gasteiger partial charge on any atom is 0.0959 e. The number of nitrogens with zero attached hydrogens (tertiary/aromatic N) is 1. The maximum atomic E-state index is 9.29. The molecule has 0 amide bonds. The first kappa shape index (κ1) is 11.4. The molecular weight excluding hydrogens is 226 g/mol. The highest BCUT2D eigenvalue weighted by Gasteiger charge is 2.19. The second kappa shape index (κ2) is 5.32. The number of aliphatic hydroxyl groups is 1. The van der Waals surface area contributed by atoms with Gasteiger partial charge in [-0.15, -0.1) is 11.3 Å². The van der Waals surface area contributed by atoms with E-state index >= 15 is 0 Å². The van der Waals surface area contributed by atoms with Gasteiger partial charge in [-0.3, -0.25) is 0 Å². The quantitative estimate of drug-likeness (QED) is 0.886. The maximum absolute atomic E-state index is 9.29. The van der Waals surface area contributed by atoms with E-state index < -0.39 is 0 Å². The van der Waals surface area contributed by atoms with Gasteiger partial charge in [0.15, 0.2) is 0 Å². The standard InChI is InChI=1S/C11H17NOS2/c1-8(13)6-10-7-15-11(12-10)9-2-4-14-5-3-9/h7-9,13H,2-6H2,1H3. The molecule has 2 heterocycles. The van der Waals surface area contributed by atoms with Gasteiger partial charge in [-0.2, -0.15) is 11.8 Å². The van der Waals surface area contributed by atoms with E-state index in [9.17, 15) is 5.11 Å². The lowest BCUT2D eigenvalue weighted by atomic mass is 10.0. The van der Waals surface area contributed by atoms with E-state index in [4.69, 9.17) is 0 Å². The minimum Gasteiger partial charge on any atom is -0.393 e. The van der Waals surface area contributed by atoms with Crippen LogP contribution in [-0.2, 0) is 6.42 Å². The molecule has 1 aliphatic rings. The Hall–Kier alpha value is -0.0600. The Morgan fingerprint density at radius 1 is 1.53 bits per heavy atom. The molecular formula is C11H17NOS2. The fourth-order valence-corrected chi connectivity index (χ4v) is 3.96. The minimum atomic E-state index is -0.276. The van der Waals surface area contributed by atoms with Gasteiger partial charge in [0.1, 0.15) is 0 Å². The number of aliphatic hydroxyl groups excluding tert-OH is 1. The van der Waals surface area contributed by atoms with Crippen molar-refractivity contribution in [2.75, 3.05) is 11.5 Å². The molecule has 0 radical (unpaired) electrons. The first-order valence-electron chi connectivity index (χ1n) is 5.46. The highest BCUT2D eigenvalue weighted by atomic mass is 32.2. The average molecular weight is 243 g/mol. The van der Waals surface area contributed by atoms with Crippen LogP contribution in [0.5, 0.6) is 0 Å². The zero-order valence-electron chi connectivity index (χ0n) is 8.98. The normalized spacial score (nSPS) is 20.4. The van der Waals surface area contributed by atoms with Crippen molar-refractivity contribution in [3.63, 3.8) is 0 Å². The first-order valence-corrected chi connectivity index (χ1v) is 7.49. The van der Waals surface area contributed by atoms with Crippen molar-refractivity contribution < 1.29 is 5.11 Å². The highest BCUT2D eigenvalue weighted by Crippen LogP contribution is 2.33. The zero-order valence-corrected chi connectivity index (χ0v) is 10.6. The summed E-state index contributed by atoms with van der Waals surface area (Å²) >= 11 is 3.81. The molecule has 15 heavy (non-hydrogen) atoms. The summed E-state index contributed by atoms with van der Waals surface area (Å²) in [5.74, 6) is 3.23. The van der Waals surface area contributed by atoms with Crippen LogP contribution in [0.3, 0.4) is 0 Å². The predicted molar refractivity (Wildman–Crippen MR) is 66.8 cm³/mol. The molecule has 1 aliphatic heterocycles. The summed E-state index contributed by atoms with van der Waals surface area (Å²) in [6.07, 6.45) is 2.96. The molecule has 2 nitrogen and oxygen atoms in total. The molecule has 4 heteroatoms. The summed E-state index contributed by atoms with van der Waals surface area (Å²) in [4.78, 5) is 4.62. The molecule has 0 aromatic carbocycles. The van der Waals surface area contributed by atoms with Crippen molar-refractivity contribution in [3.8, 4) is 0 Å². The second-order valence-corrected chi connectivity index (χ2v) is 6.23. The van der Waals surface area contributed by atoms with Gasteiger partial charge in [0, 0.05) is 17.7 Å². The van der Waals surface area contributed by atoms with E-state index in [0.717, 1.165) is 5.69 Å². The van der Waals surface area contributed by atoms with Gasteiger partial charge in [-0.25, -0.2) is 4.98 Å². The van der Waals surface area contributed by atoms with Gasteiger partial charge in [0.2, 0.25) is 0 Å². The first-order chi connectivity index (χ1) is 7.25. The molecule has 0 spiro atoms. The Bertz CT molecular complexity index is 305. The lowest BCUT2D eigenvalue weighted by Gasteiger charge is -2.18. The number of aromatic nitrogens is 1. The molecule has 84 valence electrons. The van der Waals surface area contributed by atoms with Gasteiger partial charge in [-0.05, 0) is 31.3 Å². The molecule has 1 N–H and O–H groups in total. The van der Waals surface area contributed by atoms with Gasteiger partial charge in [-0.1, -0.05) is 0 Å². The monoisotopic (exact) mass is 243 g/mol. The van der Waals surface area contributed by atoms with E-state index in [2.05, 4.69) is 10.4 Å². The van der Waals surface area contributed by atoms with Crippen LogP contribution < -0.4 is 0 Å². The van der Waals surface area contributed by atoms with Crippen molar-refractivity contribution in [1.82, 2.24) is 4.98 Å². The van der Waals surface area contributed by atoms with Crippen molar-refractivity contribution >= 4 is 23.1 Å². The third kappa shape index (κ3) is 3.20. The third-order valence-corrected chi connectivity index (χ3v) is 4.75. The Labute approximate surface area is 99.1 Å². The highest BCUT2D eigenvalue weighted by molar-refractivity contribution is 7.99. The summed E-state index contributed by atoms with van der Waals surface area (Å²) in [6, 6.07) is 0. The Morgan fingerprint density at radius 3 is 2.93 bits per heavy atom. The van der Waals surface area contributed by atoms with Gasteiger partial charge in [0.25, 0.3) is 0 Å². The van der Waals surface area contributed by atoms with E-state index in [-0.39, 0.29) is 6.10 Å². The Morgan fingerprint density at radius 2 is 2.27 bits per heavy atom. The molecule has 1 unspecified atom stereocenters. The largest absolute Gasteiger partial charge is 0.393 e. The molecule has 1 atom stereocenters.